The molecule has 0 saturated carbocycles. The van der Waals surface area contributed by atoms with Crippen LogP contribution in [0.1, 0.15) is 28.3 Å². The van der Waals surface area contributed by atoms with Gasteiger partial charge in [-0.3, -0.25) is 4.57 Å². The van der Waals surface area contributed by atoms with Crippen LogP contribution in [0.4, 0.5) is 8.78 Å². The third-order valence-corrected chi connectivity index (χ3v) is 2.52. The van der Waals surface area contributed by atoms with E-state index in [-0.39, 0.29) is 18.0 Å². The molecule has 2 rings (SSSR count). The second-order valence-corrected chi connectivity index (χ2v) is 3.80. The number of carbonyl (C=O) groups excluding carboxylic acids is 1. The van der Waals surface area contributed by atoms with Crippen molar-refractivity contribution in [3.05, 3.63) is 53.6 Å². The van der Waals surface area contributed by atoms with Gasteiger partial charge in [-0.1, -0.05) is 6.07 Å². The molecule has 0 saturated heterocycles. The average molecular weight is 277 g/mol. The third-order valence-electron chi connectivity index (χ3n) is 2.52. The van der Waals surface area contributed by atoms with Crippen LogP contribution >= 0.6 is 0 Å². The molecular formula is C13H9F2N3O2. The number of alkyl halides is 2. The second-order valence-electron chi connectivity index (χ2n) is 3.80. The van der Waals surface area contributed by atoms with Crippen molar-refractivity contribution in [2.45, 2.75) is 13.2 Å². The van der Waals surface area contributed by atoms with Crippen LogP contribution in [0.25, 0.3) is 0 Å². The summed E-state index contributed by atoms with van der Waals surface area (Å²) in [5, 5.41) is 8.72. The lowest BCUT2D eigenvalue weighted by atomic mass is 10.1. The van der Waals surface area contributed by atoms with Gasteiger partial charge in [0.2, 0.25) is 0 Å². The van der Waals surface area contributed by atoms with Gasteiger partial charge < -0.3 is 4.74 Å². The molecular weight excluding hydrogens is 268 g/mol. The van der Waals surface area contributed by atoms with Crippen molar-refractivity contribution in [3.63, 3.8) is 0 Å². The van der Waals surface area contributed by atoms with Crippen LogP contribution in [0.2, 0.25) is 0 Å². The molecule has 0 amide bonds. The van der Waals surface area contributed by atoms with E-state index < -0.39 is 12.5 Å². The molecule has 0 N–H and O–H groups in total. The molecule has 1 heterocycles. The first-order valence-corrected chi connectivity index (χ1v) is 5.59. The van der Waals surface area contributed by atoms with Crippen LogP contribution in [0.15, 0.2) is 36.7 Å². The molecule has 2 aromatic rings. The van der Waals surface area contributed by atoms with E-state index in [1.807, 2.05) is 6.07 Å². The summed E-state index contributed by atoms with van der Waals surface area (Å²) < 4.78 is 30.6. The number of hydrogen-bond acceptors (Lipinski definition) is 4. The molecule has 0 radical (unpaired) electrons. The van der Waals surface area contributed by atoms with Crippen LogP contribution in [-0.4, -0.2) is 15.5 Å². The fraction of sp³-hybridized carbons (Fsp3) is 0.154. The topological polar surface area (TPSA) is 67.9 Å². The highest BCUT2D eigenvalue weighted by Crippen LogP contribution is 2.14. The second kappa shape index (κ2) is 5.93. The maximum Gasteiger partial charge on any atom is 0.338 e. The Balaban J connectivity index is 2.05. The summed E-state index contributed by atoms with van der Waals surface area (Å²) >= 11 is 0. The van der Waals surface area contributed by atoms with E-state index in [0.29, 0.717) is 10.1 Å². The molecule has 0 spiro atoms. The maximum atomic E-state index is 12.6. The van der Waals surface area contributed by atoms with Gasteiger partial charge in [-0.15, -0.1) is 0 Å². The number of rotatable bonds is 4. The Labute approximate surface area is 113 Å². The zero-order valence-corrected chi connectivity index (χ0v) is 10.2. The summed E-state index contributed by atoms with van der Waals surface area (Å²) in [7, 11) is 0. The summed E-state index contributed by atoms with van der Waals surface area (Å²) in [5.41, 5.74) is 0.493. The van der Waals surface area contributed by atoms with Crippen LogP contribution in [0, 0.1) is 11.3 Å². The first kappa shape index (κ1) is 13.7. The van der Waals surface area contributed by atoms with E-state index in [1.54, 1.807) is 6.07 Å². The number of esters is 1. The van der Waals surface area contributed by atoms with Gasteiger partial charge in [-0.25, -0.2) is 9.78 Å². The Hall–Kier alpha value is -2.75. The molecule has 0 aliphatic heterocycles. The lowest BCUT2D eigenvalue weighted by Gasteiger charge is -2.07. The number of carbonyl (C=O) groups is 1. The first-order chi connectivity index (χ1) is 9.61. The minimum absolute atomic E-state index is 0.0511. The van der Waals surface area contributed by atoms with Crippen LogP contribution in [0.3, 0.4) is 0 Å². The summed E-state index contributed by atoms with van der Waals surface area (Å²) in [6.45, 7) is -3.11. The maximum absolute atomic E-state index is 12.6. The highest BCUT2D eigenvalue weighted by atomic mass is 19.3. The number of nitrogens with zero attached hydrogens (tertiary/aromatic N) is 3. The minimum atomic E-state index is -2.74. The Morgan fingerprint density at radius 1 is 1.50 bits per heavy atom. The van der Waals surface area contributed by atoms with Gasteiger partial charge >= 0.3 is 12.5 Å². The number of halogens is 2. The molecule has 0 aliphatic carbocycles. The molecule has 0 atom stereocenters. The molecule has 1 aromatic carbocycles. The van der Waals surface area contributed by atoms with E-state index >= 15 is 0 Å². The van der Waals surface area contributed by atoms with Crippen LogP contribution < -0.4 is 0 Å². The van der Waals surface area contributed by atoms with Gasteiger partial charge in [0.15, 0.2) is 5.82 Å². The normalized spacial score (nSPS) is 10.3. The molecule has 20 heavy (non-hydrogen) atoms. The number of benzene rings is 1. The molecule has 1 aromatic heterocycles. The molecule has 0 aliphatic rings. The zero-order valence-electron chi connectivity index (χ0n) is 10.2. The number of nitriles is 1. The van der Waals surface area contributed by atoms with E-state index in [1.165, 1.54) is 24.4 Å². The fourth-order valence-corrected chi connectivity index (χ4v) is 1.56. The van der Waals surface area contributed by atoms with Gasteiger partial charge in [0.1, 0.15) is 6.61 Å². The van der Waals surface area contributed by atoms with Crippen molar-refractivity contribution >= 4 is 5.97 Å². The summed E-state index contributed by atoms with van der Waals surface area (Å²) in [6.07, 6.45) is 2.30. The number of aromatic nitrogens is 2. The van der Waals surface area contributed by atoms with Crippen LogP contribution in [-0.2, 0) is 11.3 Å². The van der Waals surface area contributed by atoms with Crippen LogP contribution in [0.5, 0.6) is 0 Å². The van der Waals surface area contributed by atoms with Gasteiger partial charge in [0, 0.05) is 12.4 Å². The number of ether oxygens (including phenoxy) is 1. The predicted molar refractivity (Wildman–Crippen MR) is 63.8 cm³/mol. The Bertz CT molecular complexity index is 662. The number of hydrogen-bond donors (Lipinski definition) is 0. The van der Waals surface area contributed by atoms with Gasteiger partial charge in [-0.2, -0.15) is 14.0 Å². The molecule has 5 nitrogen and oxygen atoms in total. The quantitative estimate of drug-likeness (QED) is 0.805. The highest BCUT2D eigenvalue weighted by molar-refractivity contribution is 5.89. The van der Waals surface area contributed by atoms with Gasteiger partial charge in [0.05, 0.1) is 17.2 Å². The zero-order chi connectivity index (χ0) is 14.5. The average Bonchev–Trinajstić information content (AvgIpc) is 2.93. The summed E-state index contributed by atoms with van der Waals surface area (Å²) in [5.74, 6) is -0.754. The molecule has 102 valence electrons. The monoisotopic (exact) mass is 277 g/mol. The molecule has 7 heteroatoms. The smallest absolute Gasteiger partial charge is 0.338 e. The highest BCUT2D eigenvalue weighted by Gasteiger charge is 2.14. The lowest BCUT2D eigenvalue weighted by Crippen LogP contribution is -2.10. The Kier molecular flexibility index (Phi) is 4.05. The summed E-state index contributed by atoms with van der Waals surface area (Å²) in [4.78, 5) is 15.4. The first-order valence-electron chi connectivity index (χ1n) is 5.59. The molecule has 0 fully saturated rings. The Morgan fingerprint density at radius 2 is 2.30 bits per heavy atom. The predicted octanol–water partition coefficient (Wildman–Crippen LogP) is 2.51. The van der Waals surface area contributed by atoms with Crippen molar-refractivity contribution in [1.29, 1.82) is 5.26 Å². The van der Waals surface area contributed by atoms with E-state index in [2.05, 4.69) is 4.98 Å². The largest absolute Gasteiger partial charge is 0.454 e. The van der Waals surface area contributed by atoms with Crippen molar-refractivity contribution < 1.29 is 18.3 Å². The van der Waals surface area contributed by atoms with E-state index in [4.69, 9.17) is 10.00 Å². The Morgan fingerprint density at radius 3 is 3.00 bits per heavy atom. The third kappa shape index (κ3) is 2.98. The molecule has 0 unspecified atom stereocenters. The fourth-order valence-electron chi connectivity index (χ4n) is 1.56. The van der Waals surface area contributed by atoms with Gasteiger partial charge in [0.25, 0.3) is 0 Å². The van der Waals surface area contributed by atoms with Crippen molar-refractivity contribution in [1.82, 2.24) is 9.55 Å². The summed E-state index contributed by atoms with van der Waals surface area (Å²) in [6, 6.07) is 7.81. The van der Waals surface area contributed by atoms with Crippen molar-refractivity contribution in [2.75, 3.05) is 0 Å². The minimum Gasteiger partial charge on any atom is -0.454 e. The van der Waals surface area contributed by atoms with Crippen molar-refractivity contribution in [3.8, 4) is 6.07 Å². The molecule has 0 bridgehead atoms. The lowest BCUT2D eigenvalue weighted by molar-refractivity contribution is 0.0376. The van der Waals surface area contributed by atoms with E-state index in [9.17, 15) is 13.6 Å². The SMILES string of the molecule is N#Cc1cccc(C(=O)OCc2nccn2C(F)F)c1. The standard InChI is InChI=1S/C13H9F2N3O2/c14-13(15)18-5-4-17-11(18)8-20-12(19)10-3-1-2-9(6-10)7-16/h1-6,13H,8H2. The van der Waals surface area contributed by atoms with Gasteiger partial charge in [-0.05, 0) is 18.2 Å². The van der Waals surface area contributed by atoms with Crippen molar-refractivity contribution in [2.24, 2.45) is 0 Å². The van der Waals surface area contributed by atoms with E-state index in [0.717, 1.165) is 6.20 Å². The number of imidazole rings is 1.